The van der Waals surface area contributed by atoms with Crippen LogP contribution in [0.3, 0.4) is 0 Å². The van der Waals surface area contributed by atoms with E-state index in [0.29, 0.717) is 5.92 Å². The number of carboxylic acids is 1. The van der Waals surface area contributed by atoms with Crippen LogP contribution in [0.4, 0.5) is 0 Å². The van der Waals surface area contributed by atoms with E-state index in [-0.39, 0.29) is 12.5 Å². The molecular formula is C12H21NO3S. The summed E-state index contributed by atoms with van der Waals surface area (Å²) in [7, 11) is 0. The Bertz CT molecular complexity index is 256. The van der Waals surface area contributed by atoms with Crippen molar-refractivity contribution in [3.8, 4) is 0 Å². The van der Waals surface area contributed by atoms with Crippen LogP contribution in [0.25, 0.3) is 0 Å². The molecule has 2 aliphatic heterocycles. The molecule has 2 rings (SSSR count). The molecule has 0 aromatic rings. The zero-order chi connectivity index (χ0) is 12.1. The van der Waals surface area contributed by atoms with Crippen LogP contribution < -0.4 is 0 Å². The van der Waals surface area contributed by atoms with Gasteiger partial charge >= 0.3 is 5.97 Å². The van der Waals surface area contributed by atoms with Gasteiger partial charge in [0.2, 0.25) is 0 Å². The predicted molar refractivity (Wildman–Crippen MR) is 68.5 cm³/mol. The topological polar surface area (TPSA) is 49.8 Å². The molecule has 0 aromatic carbocycles. The summed E-state index contributed by atoms with van der Waals surface area (Å²) in [6.07, 6.45) is 2.65. The minimum Gasteiger partial charge on any atom is -0.481 e. The Balaban J connectivity index is 1.84. The standard InChI is InChI=1S/C12H21NO3S/c14-12(15)6-11-9-17-5-3-13(11)7-10-2-1-4-16-8-10/h10-11H,1-9H2,(H,14,15). The fourth-order valence-electron chi connectivity index (χ4n) is 2.60. The van der Waals surface area contributed by atoms with Crippen LogP contribution in [0, 0.1) is 5.92 Å². The van der Waals surface area contributed by atoms with Crippen LogP contribution in [0.5, 0.6) is 0 Å². The summed E-state index contributed by atoms with van der Waals surface area (Å²) >= 11 is 1.87. The van der Waals surface area contributed by atoms with Gasteiger partial charge in [0.1, 0.15) is 0 Å². The Hall–Kier alpha value is -0.260. The molecule has 17 heavy (non-hydrogen) atoms. The molecule has 0 bridgehead atoms. The van der Waals surface area contributed by atoms with Crippen molar-refractivity contribution in [1.29, 1.82) is 0 Å². The molecule has 0 spiro atoms. The predicted octanol–water partition coefficient (Wildman–Crippen LogP) is 1.31. The highest BCUT2D eigenvalue weighted by molar-refractivity contribution is 7.99. The van der Waals surface area contributed by atoms with Gasteiger partial charge in [0.25, 0.3) is 0 Å². The van der Waals surface area contributed by atoms with Gasteiger partial charge in [-0.15, -0.1) is 0 Å². The largest absolute Gasteiger partial charge is 0.481 e. The second kappa shape index (κ2) is 6.61. The molecule has 2 atom stereocenters. The summed E-state index contributed by atoms with van der Waals surface area (Å²) < 4.78 is 5.49. The highest BCUT2D eigenvalue weighted by atomic mass is 32.2. The van der Waals surface area contributed by atoms with Crippen LogP contribution in [-0.2, 0) is 9.53 Å². The van der Waals surface area contributed by atoms with Crippen LogP contribution in [0.1, 0.15) is 19.3 Å². The Kier molecular flexibility index (Phi) is 5.13. The molecule has 2 heterocycles. The van der Waals surface area contributed by atoms with Gasteiger partial charge in [0.05, 0.1) is 13.0 Å². The number of aliphatic carboxylic acids is 1. The van der Waals surface area contributed by atoms with Gasteiger partial charge in [0, 0.05) is 37.2 Å². The zero-order valence-electron chi connectivity index (χ0n) is 10.1. The third kappa shape index (κ3) is 4.16. The van der Waals surface area contributed by atoms with Crippen molar-refractivity contribution in [2.75, 3.05) is 37.8 Å². The van der Waals surface area contributed by atoms with Crippen molar-refractivity contribution in [3.05, 3.63) is 0 Å². The second-order valence-electron chi connectivity index (χ2n) is 4.90. The molecule has 0 radical (unpaired) electrons. The molecule has 0 aliphatic carbocycles. The van der Waals surface area contributed by atoms with Gasteiger partial charge in [-0.2, -0.15) is 11.8 Å². The van der Waals surface area contributed by atoms with E-state index in [1.807, 2.05) is 11.8 Å². The second-order valence-corrected chi connectivity index (χ2v) is 6.05. The third-order valence-corrected chi connectivity index (χ3v) is 4.60. The molecular weight excluding hydrogens is 238 g/mol. The highest BCUT2D eigenvalue weighted by Crippen LogP contribution is 2.23. The van der Waals surface area contributed by atoms with E-state index in [1.165, 1.54) is 6.42 Å². The lowest BCUT2D eigenvalue weighted by Crippen LogP contribution is -2.46. The van der Waals surface area contributed by atoms with Gasteiger partial charge in [0.15, 0.2) is 0 Å². The number of nitrogens with zero attached hydrogens (tertiary/aromatic N) is 1. The van der Waals surface area contributed by atoms with Gasteiger partial charge in [-0.3, -0.25) is 9.69 Å². The quantitative estimate of drug-likeness (QED) is 0.825. The lowest BCUT2D eigenvalue weighted by molar-refractivity contribution is -0.138. The van der Waals surface area contributed by atoms with E-state index in [9.17, 15) is 4.79 Å². The van der Waals surface area contributed by atoms with E-state index in [1.54, 1.807) is 0 Å². The summed E-state index contributed by atoms with van der Waals surface area (Å²) in [5.41, 5.74) is 0. The molecule has 0 amide bonds. The average molecular weight is 259 g/mol. The van der Waals surface area contributed by atoms with Crippen molar-refractivity contribution < 1.29 is 14.6 Å². The van der Waals surface area contributed by atoms with Crippen LogP contribution in [0.2, 0.25) is 0 Å². The summed E-state index contributed by atoms with van der Waals surface area (Å²) in [4.78, 5) is 13.2. The van der Waals surface area contributed by atoms with E-state index in [4.69, 9.17) is 9.84 Å². The van der Waals surface area contributed by atoms with Crippen molar-refractivity contribution in [2.24, 2.45) is 5.92 Å². The highest BCUT2D eigenvalue weighted by Gasteiger charge is 2.27. The first kappa shape index (κ1) is 13.2. The maximum Gasteiger partial charge on any atom is 0.304 e. The van der Waals surface area contributed by atoms with Crippen molar-refractivity contribution in [1.82, 2.24) is 4.90 Å². The molecule has 5 heteroatoms. The number of hydrogen-bond donors (Lipinski definition) is 1. The molecule has 2 unspecified atom stereocenters. The number of rotatable bonds is 4. The Morgan fingerprint density at radius 3 is 3.12 bits per heavy atom. The summed E-state index contributed by atoms with van der Waals surface area (Å²) in [5, 5.41) is 8.93. The minimum atomic E-state index is -0.678. The number of carbonyl (C=O) groups is 1. The maximum absolute atomic E-state index is 10.8. The number of carboxylic acid groups (broad SMARTS) is 1. The van der Waals surface area contributed by atoms with Crippen LogP contribution in [-0.4, -0.2) is 59.8 Å². The molecule has 1 N–H and O–H groups in total. The first-order valence-corrected chi connectivity index (χ1v) is 7.52. The molecule has 2 fully saturated rings. The fraction of sp³-hybridized carbons (Fsp3) is 0.917. The van der Waals surface area contributed by atoms with Crippen molar-refractivity contribution in [3.63, 3.8) is 0 Å². The smallest absolute Gasteiger partial charge is 0.304 e. The van der Waals surface area contributed by atoms with Crippen LogP contribution >= 0.6 is 11.8 Å². The monoisotopic (exact) mass is 259 g/mol. The number of thioether (sulfide) groups is 1. The Labute approximate surface area is 107 Å². The minimum absolute atomic E-state index is 0.216. The SMILES string of the molecule is O=C(O)CC1CSCCN1CC1CCCOC1. The first-order chi connectivity index (χ1) is 8.25. The first-order valence-electron chi connectivity index (χ1n) is 6.37. The van der Waals surface area contributed by atoms with Crippen molar-refractivity contribution in [2.45, 2.75) is 25.3 Å². The Morgan fingerprint density at radius 1 is 1.53 bits per heavy atom. The summed E-state index contributed by atoms with van der Waals surface area (Å²) in [5.74, 6) is 2.01. The molecule has 0 saturated carbocycles. The van der Waals surface area contributed by atoms with Gasteiger partial charge in [-0.25, -0.2) is 0 Å². The molecule has 98 valence electrons. The Morgan fingerprint density at radius 2 is 2.41 bits per heavy atom. The maximum atomic E-state index is 10.8. The van der Waals surface area contributed by atoms with Gasteiger partial charge in [-0.05, 0) is 18.8 Å². The summed E-state index contributed by atoms with van der Waals surface area (Å²) in [6.45, 7) is 3.78. The average Bonchev–Trinajstić information content (AvgIpc) is 2.32. The summed E-state index contributed by atoms with van der Waals surface area (Å²) in [6, 6.07) is 0.216. The number of ether oxygens (including phenoxy) is 1. The van der Waals surface area contributed by atoms with Crippen LogP contribution in [0.15, 0.2) is 0 Å². The van der Waals surface area contributed by atoms with Gasteiger partial charge in [-0.1, -0.05) is 0 Å². The lowest BCUT2D eigenvalue weighted by Gasteiger charge is -2.37. The molecule has 0 aromatic heterocycles. The third-order valence-electron chi connectivity index (χ3n) is 3.51. The molecule has 2 aliphatic rings. The normalized spacial score (nSPS) is 31.3. The lowest BCUT2D eigenvalue weighted by atomic mass is 10.0. The van der Waals surface area contributed by atoms with E-state index < -0.39 is 5.97 Å². The number of hydrogen-bond acceptors (Lipinski definition) is 4. The van der Waals surface area contributed by atoms with E-state index >= 15 is 0 Å². The fourth-order valence-corrected chi connectivity index (χ4v) is 3.73. The zero-order valence-corrected chi connectivity index (χ0v) is 11.0. The van der Waals surface area contributed by atoms with E-state index in [0.717, 1.165) is 44.2 Å². The molecule has 2 saturated heterocycles. The molecule has 4 nitrogen and oxygen atoms in total. The van der Waals surface area contributed by atoms with Crippen molar-refractivity contribution >= 4 is 17.7 Å². The van der Waals surface area contributed by atoms with Gasteiger partial charge < -0.3 is 9.84 Å². The van der Waals surface area contributed by atoms with E-state index in [2.05, 4.69) is 4.90 Å².